The Labute approximate surface area is 68.2 Å². The van der Waals surface area contributed by atoms with Crippen molar-refractivity contribution >= 4 is 22.3 Å². The Morgan fingerprint density at radius 3 is 2.91 bits per heavy atom. The van der Waals surface area contributed by atoms with Crippen molar-refractivity contribution in [3.8, 4) is 0 Å². The first-order valence-electron chi connectivity index (χ1n) is 3.52. The highest BCUT2D eigenvalue weighted by Gasteiger charge is 2.31. The van der Waals surface area contributed by atoms with Gasteiger partial charge in [-0.05, 0) is 12.8 Å². The standard InChI is InChI=1S/C7H8N2OS/c8-7-9-5(3-11-7)6(10)4-1-2-4/h3-4H,1-2H2,(H2,8,9). The zero-order chi connectivity index (χ0) is 7.84. The molecule has 2 N–H and O–H groups in total. The van der Waals surface area contributed by atoms with Crippen molar-refractivity contribution in [2.24, 2.45) is 5.92 Å². The summed E-state index contributed by atoms with van der Waals surface area (Å²) in [5, 5.41) is 2.21. The summed E-state index contributed by atoms with van der Waals surface area (Å²) in [5.74, 6) is 0.412. The van der Waals surface area contributed by atoms with E-state index in [0.717, 1.165) is 12.8 Å². The predicted molar refractivity (Wildman–Crippen MR) is 43.6 cm³/mol. The van der Waals surface area contributed by atoms with Crippen molar-refractivity contribution < 1.29 is 4.79 Å². The zero-order valence-electron chi connectivity index (χ0n) is 5.91. The van der Waals surface area contributed by atoms with E-state index in [-0.39, 0.29) is 11.7 Å². The molecule has 4 heteroatoms. The van der Waals surface area contributed by atoms with Crippen LogP contribution in [0.2, 0.25) is 0 Å². The van der Waals surface area contributed by atoms with Gasteiger partial charge in [0, 0.05) is 11.3 Å². The second-order valence-corrected chi connectivity index (χ2v) is 3.60. The third-order valence-corrected chi connectivity index (χ3v) is 2.40. The molecule has 1 aromatic heterocycles. The van der Waals surface area contributed by atoms with Crippen LogP contribution in [0.4, 0.5) is 5.13 Å². The van der Waals surface area contributed by atoms with Gasteiger partial charge in [0.15, 0.2) is 10.9 Å². The number of hydrogen-bond donors (Lipinski definition) is 1. The molecular formula is C7H8N2OS. The Morgan fingerprint density at radius 2 is 2.45 bits per heavy atom. The maximum atomic E-state index is 11.3. The molecule has 1 aliphatic carbocycles. The third kappa shape index (κ3) is 1.26. The lowest BCUT2D eigenvalue weighted by Crippen LogP contribution is -2.01. The molecule has 1 aliphatic rings. The molecule has 1 aromatic rings. The monoisotopic (exact) mass is 168 g/mol. The lowest BCUT2D eigenvalue weighted by atomic mass is 10.2. The van der Waals surface area contributed by atoms with Gasteiger partial charge in [0.1, 0.15) is 5.69 Å². The van der Waals surface area contributed by atoms with E-state index in [0.29, 0.717) is 10.8 Å². The van der Waals surface area contributed by atoms with Gasteiger partial charge in [-0.1, -0.05) is 0 Å². The van der Waals surface area contributed by atoms with Crippen LogP contribution in [-0.4, -0.2) is 10.8 Å². The summed E-state index contributed by atoms with van der Waals surface area (Å²) in [4.78, 5) is 15.2. The maximum absolute atomic E-state index is 11.3. The van der Waals surface area contributed by atoms with Crippen LogP contribution in [0.5, 0.6) is 0 Å². The highest BCUT2D eigenvalue weighted by Crippen LogP contribution is 2.32. The molecule has 2 rings (SSSR count). The van der Waals surface area contributed by atoms with E-state index in [1.807, 2.05) is 0 Å². The summed E-state index contributed by atoms with van der Waals surface area (Å²) in [5.41, 5.74) is 5.94. The minimum Gasteiger partial charge on any atom is -0.375 e. The Bertz CT molecular complexity index is 290. The molecule has 1 fully saturated rings. The molecule has 1 saturated carbocycles. The average Bonchev–Trinajstić information content (AvgIpc) is 2.74. The van der Waals surface area contributed by atoms with Crippen LogP contribution in [0.3, 0.4) is 0 Å². The van der Waals surface area contributed by atoms with E-state index in [1.165, 1.54) is 11.3 Å². The summed E-state index contributed by atoms with van der Waals surface area (Å²) in [6.07, 6.45) is 2.05. The summed E-state index contributed by atoms with van der Waals surface area (Å²) in [6, 6.07) is 0. The van der Waals surface area contributed by atoms with E-state index < -0.39 is 0 Å². The fourth-order valence-electron chi connectivity index (χ4n) is 0.955. The van der Waals surface area contributed by atoms with E-state index in [1.54, 1.807) is 5.38 Å². The van der Waals surface area contributed by atoms with Crippen LogP contribution in [0, 0.1) is 5.92 Å². The number of carbonyl (C=O) groups is 1. The van der Waals surface area contributed by atoms with Crippen molar-refractivity contribution in [2.75, 3.05) is 5.73 Å². The number of aromatic nitrogens is 1. The van der Waals surface area contributed by atoms with Gasteiger partial charge in [0.25, 0.3) is 0 Å². The van der Waals surface area contributed by atoms with Crippen LogP contribution < -0.4 is 5.73 Å². The molecule has 0 unspecified atom stereocenters. The van der Waals surface area contributed by atoms with Crippen molar-refractivity contribution in [1.82, 2.24) is 4.98 Å². The van der Waals surface area contributed by atoms with Crippen molar-refractivity contribution in [3.05, 3.63) is 11.1 Å². The van der Waals surface area contributed by atoms with Gasteiger partial charge in [0.05, 0.1) is 0 Å². The molecule has 0 amide bonds. The molecule has 11 heavy (non-hydrogen) atoms. The molecular weight excluding hydrogens is 160 g/mol. The van der Waals surface area contributed by atoms with Crippen molar-refractivity contribution in [3.63, 3.8) is 0 Å². The number of Topliss-reactive ketones (excluding diaryl/α,β-unsaturated/α-hetero) is 1. The molecule has 3 nitrogen and oxygen atoms in total. The maximum Gasteiger partial charge on any atom is 0.185 e. The number of nitrogens with zero attached hydrogens (tertiary/aromatic N) is 1. The number of nitrogen functional groups attached to an aromatic ring is 1. The second-order valence-electron chi connectivity index (χ2n) is 2.71. The highest BCUT2D eigenvalue weighted by molar-refractivity contribution is 7.13. The minimum absolute atomic E-state index is 0.165. The predicted octanol–water partition coefficient (Wildman–Crippen LogP) is 1.32. The summed E-state index contributed by atoms with van der Waals surface area (Å²) < 4.78 is 0. The Hall–Kier alpha value is -0.900. The molecule has 0 aromatic carbocycles. The smallest absolute Gasteiger partial charge is 0.185 e. The van der Waals surface area contributed by atoms with Gasteiger partial charge in [-0.15, -0.1) is 11.3 Å². The molecule has 0 bridgehead atoms. The zero-order valence-corrected chi connectivity index (χ0v) is 6.73. The van der Waals surface area contributed by atoms with Crippen LogP contribution in [0.15, 0.2) is 5.38 Å². The van der Waals surface area contributed by atoms with Gasteiger partial charge in [0.2, 0.25) is 0 Å². The Morgan fingerprint density at radius 1 is 1.73 bits per heavy atom. The average molecular weight is 168 g/mol. The number of nitrogens with two attached hydrogens (primary N) is 1. The molecule has 0 atom stereocenters. The third-order valence-electron chi connectivity index (χ3n) is 1.72. The van der Waals surface area contributed by atoms with Crippen LogP contribution in [0.25, 0.3) is 0 Å². The van der Waals surface area contributed by atoms with Gasteiger partial charge in [-0.2, -0.15) is 0 Å². The van der Waals surface area contributed by atoms with Gasteiger partial charge in [-0.3, -0.25) is 4.79 Å². The number of anilines is 1. The lowest BCUT2D eigenvalue weighted by molar-refractivity contribution is 0.0963. The highest BCUT2D eigenvalue weighted by atomic mass is 32.1. The first-order valence-corrected chi connectivity index (χ1v) is 4.40. The van der Waals surface area contributed by atoms with E-state index >= 15 is 0 Å². The van der Waals surface area contributed by atoms with E-state index in [9.17, 15) is 4.79 Å². The number of rotatable bonds is 2. The second kappa shape index (κ2) is 2.30. The van der Waals surface area contributed by atoms with Gasteiger partial charge in [-0.25, -0.2) is 4.98 Å². The van der Waals surface area contributed by atoms with E-state index in [2.05, 4.69) is 4.98 Å². The quantitative estimate of drug-likeness (QED) is 0.677. The molecule has 0 spiro atoms. The SMILES string of the molecule is Nc1nc(C(=O)C2CC2)cs1. The number of ketones is 1. The molecule has 58 valence electrons. The van der Waals surface area contributed by atoms with Crippen LogP contribution in [0.1, 0.15) is 23.3 Å². The fourth-order valence-corrected chi connectivity index (χ4v) is 1.51. The fraction of sp³-hybridized carbons (Fsp3) is 0.429. The first-order chi connectivity index (χ1) is 5.27. The van der Waals surface area contributed by atoms with Crippen LogP contribution in [-0.2, 0) is 0 Å². The Balaban J connectivity index is 2.21. The lowest BCUT2D eigenvalue weighted by Gasteiger charge is -1.88. The molecule has 0 saturated heterocycles. The van der Waals surface area contributed by atoms with Crippen molar-refractivity contribution in [2.45, 2.75) is 12.8 Å². The van der Waals surface area contributed by atoms with Crippen molar-refractivity contribution in [1.29, 1.82) is 0 Å². The Kier molecular flexibility index (Phi) is 1.42. The summed E-state index contributed by atoms with van der Waals surface area (Å²) >= 11 is 1.32. The first kappa shape index (κ1) is 6.79. The number of hydrogen-bond acceptors (Lipinski definition) is 4. The van der Waals surface area contributed by atoms with E-state index in [4.69, 9.17) is 5.73 Å². The number of thiazole rings is 1. The largest absolute Gasteiger partial charge is 0.375 e. The van der Waals surface area contributed by atoms with Gasteiger partial charge >= 0.3 is 0 Å². The van der Waals surface area contributed by atoms with Crippen LogP contribution >= 0.6 is 11.3 Å². The minimum atomic E-state index is 0.165. The van der Waals surface area contributed by atoms with Gasteiger partial charge < -0.3 is 5.73 Å². The molecule has 0 radical (unpaired) electrons. The molecule has 1 heterocycles. The summed E-state index contributed by atoms with van der Waals surface area (Å²) in [6.45, 7) is 0. The molecule has 0 aliphatic heterocycles. The summed E-state index contributed by atoms with van der Waals surface area (Å²) in [7, 11) is 0. The normalized spacial score (nSPS) is 16.7. The topological polar surface area (TPSA) is 56.0 Å². The number of carbonyl (C=O) groups excluding carboxylic acids is 1.